The number of carbonyl (C=O) groups excluding carboxylic acids is 3. The van der Waals surface area contributed by atoms with Gasteiger partial charge in [0, 0.05) is 11.5 Å². The van der Waals surface area contributed by atoms with Crippen LogP contribution in [-0.2, 0) is 4.79 Å². The first-order valence-corrected chi connectivity index (χ1v) is 9.55. The minimum absolute atomic E-state index is 0.0208. The van der Waals surface area contributed by atoms with Gasteiger partial charge in [0.05, 0.1) is 17.0 Å². The molecule has 7 heteroatoms. The summed E-state index contributed by atoms with van der Waals surface area (Å²) in [6.07, 6.45) is 6.19. The van der Waals surface area contributed by atoms with Crippen molar-refractivity contribution in [1.82, 2.24) is 4.90 Å². The third kappa shape index (κ3) is 2.30. The van der Waals surface area contributed by atoms with Gasteiger partial charge in [-0.05, 0) is 62.3 Å². The Morgan fingerprint density at radius 3 is 2.22 bits per heavy atom. The fraction of sp³-hybridized carbons (Fsp3) is 0.550. The molecule has 140 valence electrons. The Morgan fingerprint density at radius 2 is 1.67 bits per heavy atom. The fourth-order valence-corrected chi connectivity index (χ4v) is 6.37. The van der Waals surface area contributed by atoms with E-state index in [1.54, 1.807) is 0 Å². The predicted molar refractivity (Wildman–Crippen MR) is 94.1 cm³/mol. The molecule has 4 bridgehead atoms. The highest BCUT2D eigenvalue weighted by Crippen LogP contribution is 2.60. The first-order chi connectivity index (χ1) is 12.9. The molecule has 7 nitrogen and oxygen atoms in total. The van der Waals surface area contributed by atoms with Crippen LogP contribution in [0.1, 0.15) is 59.2 Å². The Bertz CT molecular complexity index is 870. The van der Waals surface area contributed by atoms with E-state index in [4.69, 9.17) is 0 Å². The zero-order chi connectivity index (χ0) is 18.9. The average molecular weight is 368 g/mol. The maximum absolute atomic E-state index is 13.2. The summed E-state index contributed by atoms with van der Waals surface area (Å²) in [5, 5.41) is 11.2. The van der Waals surface area contributed by atoms with Crippen molar-refractivity contribution < 1.29 is 19.3 Å². The number of hydrogen-bond donors (Lipinski definition) is 0. The van der Waals surface area contributed by atoms with Gasteiger partial charge in [-0.3, -0.25) is 29.4 Å². The van der Waals surface area contributed by atoms with E-state index in [1.165, 1.54) is 37.5 Å². The van der Waals surface area contributed by atoms with Crippen LogP contribution in [0.25, 0.3) is 0 Å². The van der Waals surface area contributed by atoms with Gasteiger partial charge in [0.15, 0.2) is 5.78 Å². The number of Topliss-reactive ketones (excluding diaryl/α,β-unsaturated/α-hetero) is 1. The molecule has 1 heterocycles. The number of fused-ring (bicyclic) bond motifs is 1. The number of nitro benzene ring substituents is 1. The summed E-state index contributed by atoms with van der Waals surface area (Å²) >= 11 is 0. The molecule has 2 amide bonds. The molecule has 0 saturated heterocycles. The van der Waals surface area contributed by atoms with E-state index in [0.717, 1.165) is 24.2 Å². The van der Waals surface area contributed by atoms with Gasteiger partial charge in [0.1, 0.15) is 5.56 Å². The topological polar surface area (TPSA) is 97.6 Å². The molecular weight excluding hydrogens is 348 g/mol. The number of rotatable bonds is 4. The van der Waals surface area contributed by atoms with E-state index in [0.29, 0.717) is 17.8 Å². The first kappa shape index (κ1) is 16.6. The fourth-order valence-electron chi connectivity index (χ4n) is 6.37. The number of nitrogens with zero attached hydrogens (tertiary/aromatic N) is 2. The lowest BCUT2D eigenvalue weighted by molar-refractivity contribution is -0.385. The van der Waals surface area contributed by atoms with E-state index in [1.807, 2.05) is 0 Å². The minimum atomic E-state index is -0.722. The lowest BCUT2D eigenvalue weighted by atomic mass is 9.48. The van der Waals surface area contributed by atoms with Gasteiger partial charge in [-0.1, -0.05) is 6.07 Å². The molecule has 0 aromatic heterocycles. The molecule has 0 atom stereocenters. The van der Waals surface area contributed by atoms with Gasteiger partial charge in [-0.2, -0.15) is 0 Å². The lowest BCUT2D eigenvalue weighted by Gasteiger charge is -2.56. The maximum Gasteiger partial charge on any atom is 0.282 e. The zero-order valence-electron chi connectivity index (χ0n) is 14.8. The molecule has 1 aliphatic heterocycles. The number of imide groups is 1. The van der Waals surface area contributed by atoms with Crippen LogP contribution in [0.3, 0.4) is 0 Å². The Labute approximate surface area is 155 Å². The smallest absolute Gasteiger partial charge is 0.282 e. The highest BCUT2D eigenvalue weighted by Gasteiger charge is 2.55. The highest BCUT2D eigenvalue weighted by atomic mass is 16.6. The van der Waals surface area contributed by atoms with Crippen LogP contribution in [0.5, 0.6) is 0 Å². The van der Waals surface area contributed by atoms with E-state index in [2.05, 4.69) is 0 Å². The molecule has 4 fully saturated rings. The number of ketones is 1. The molecule has 27 heavy (non-hydrogen) atoms. The van der Waals surface area contributed by atoms with Crippen molar-refractivity contribution in [1.29, 1.82) is 0 Å². The number of hydrogen-bond acceptors (Lipinski definition) is 5. The largest absolute Gasteiger partial charge is 0.297 e. The summed E-state index contributed by atoms with van der Waals surface area (Å²) in [5.74, 6) is 0.395. The third-order valence-electron chi connectivity index (χ3n) is 7.11. The second-order valence-electron chi connectivity index (χ2n) is 8.77. The molecule has 0 radical (unpaired) electrons. The molecule has 4 saturated carbocycles. The number of carbonyl (C=O) groups is 3. The average Bonchev–Trinajstić information content (AvgIpc) is 2.85. The summed E-state index contributed by atoms with van der Waals surface area (Å²) in [4.78, 5) is 50.1. The Balaban J connectivity index is 1.43. The van der Waals surface area contributed by atoms with Crippen molar-refractivity contribution in [2.24, 2.45) is 23.2 Å². The van der Waals surface area contributed by atoms with Crippen LogP contribution < -0.4 is 0 Å². The van der Waals surface area contributed by atoms with Gasteiger partial charge >= 0.3 is 0 Å². The molecule has 0 N–H and O–H groups in total. The normalized spacial score (nSPS) is 33.5. The van der Waals surface area contributed by atoms with Crippen LogP contribution in [-0.4, -0.2) is 34.0 Å². The summed E-state index contributed by atoms with van der Waals surface area (Å²) in [6.45, 7) is -0.268. The van der Waals surface area contributed by atoms with Gasteiger partial charge in [0.25, 0.3) is 17.5 Å². The third-order valence-corrected chi connectivity index (χ3v) is 7.11. The van der Waals surface area contributed by atoms with Gasteiger partial charge < -0.3 is 0 Å². The van der Waals surface area contributed by atoms with Gasteiger partial charge in [-0.15, -0.1) is 0 Å². The maximum atomic E-state index is 13.2. The molecule has 1 aromatic rings. The quantitative estimate of drug-likeness (QED) is 0.462. The monoisotopic (exact) mass is 368 g/mol. The molecule has 0 spiro atoms. The van der Waals surface area contributed by atoms with Crippen LogP contribution in [0.15, 0.2) is 18.2 Å². The number of benzene rings is 1. The second kappa shape index (κ2) is 5.47. The zero-order valence-corrected chi connectivity index (χ0v) is 14.8. The Kier molecular flexibility index (Phi) is 3.36. The van der Waals surface area contributed by atoms with Crippen molar-refractivity contribution in [2.45, 2.75) is 38.5 Å². The van der Waals surface area contributed by atoms with E-state index in [-0.39, 0.29) is 29.1 Å². The first-order valence-electron chi connectivity index (χ1n) is 9.55. The second-order valence-corrected chi connectivity index (χ2v) is 8.77. The molecule has 1 aromatic carbocycles. The van der Waals surface area contributed by atoms with Crippen LogP contribution >= 0.6 is 0 Å². The van der Waals surface area contributed by atoms with Gasteiger partial charge in [-0.25, -0.2) is 0 Å². The molecular formula is C20H20N2O5. The van der Waals surface area contributed by atoms with Crippen molar-refractivity contribution in [3.05, 3.63) is 39.4 Å². The van der Waals surface area contributed by atoms with E-state index >= 15 is 0 Å². The molecule has 5 aliphatic rings. The van der Waals surface area contributed by atoms with E-state index < -0.39 is 22.2 Å². The molecule has 0 unspecified atom stereocenters. The summed E-state index contributed by atoms with van der Waals surface area (Å²) in [6, 6.07) is 4.03. The standard InChI is InChI=1S/C20H20N2O5/c23-16(20-7-11-4-12(8-20)6-13(5-11)9-20)10-21-18(24)14-2-1-3-15(22(26)27)17(14)19(21)25/h1-3,11-13H,4-10H2. The lowest BCUT2D eigenvalue weighted by Crippen LogP contribution is -2.53. The minimum Gasteiger partial charge on any atom is -0.297 e. The van der Waals surface area contributed by atoms with E-state index in [9.17, 15) is 24.5 Å². The molecule has 4 aliphatic carbocycles. The highest BCUT2D eigenvalue weighted by molar-refractivity contribution is 6.24. The van der Waals surface area contributed by atoms with Gasteiger partial charge in [0.2, 0.25) is 0 Å². The van der Waals surface area contributed by atoms with Crippen molar-refractivity contribution in [3.63, 3.8) is 0 Å². The van der Waals surface area contributed by atoms with Crippen LogP contribution in [0.2, 0.25) is 0 Å². The molecule has 6 rings (SSSR count). The van der Waals surface area contributed by atoms with Crippen LogP contribution in [0, 0.1) is 33.3 Å². The summed E-state index contributed by atoms with van der Waals surface area (Å²) in [7, 11) is 0. The van der Waals surface area contributed by atoms with Crippen molar-refractivity contribution >= 4 is 23.3 Å². The Morgan fingerprint density at radius 1 is 1.07 bits per heavy atom. The Hall–Kier alpha value is -2.57. The number of nitro groups is 1. The number of amides is 2. The predicted octanol–water partition coefficient (Wildman–Crippen LogP) is 2.98. The summed E-state index contributed by atoms with van der Waals surface area (Å²) in [5.41, 5.74) is -0.954. The van der Waals surface area contributed by atoms with Crippen LogP contribution in [0.4, 0.5) is 5.69 Å². The van der Waals surface area contributed by atoms with Crippen molar-refractivity contribution in [3.8, 4) is 0 Å². The van der Waals surface area contributed by atoms with Crippen molar-refractivity contribution in [2.75, 3.05) is 6.54 Å². The SMILES string of the molecule is O=C1c2cccc([N+](=O)[O-])c2C(=O)N1CC(=O)C12CC3CC(CC(C3)C1)C2. The summed E-state index contributed by atoms with van der Waals surface area (Å²) < 4.78 is 0.